The van der Waals surface area contributed by atoms with Gasteiger partial charge in [-0.05, 0) is 36.2 Å². The summed E-state index contributed by atoms with van der Waals surface area (Å²) in [6.45, 7) is 1.86. The molecule has 106 valence electrons. The van der Waals surface area contributed by atoms with E-state index in [1.54, 1.807) is 25.3 Å². The van der Waals surface area contributed by atoms with E-state index < -0.39 is 17.7 Å². The smallest absolute Gasteiger partial charge is 0.142 e. The molecule has 0 radical (unpaired) electrons. The van der Waals surface area contributed by atoms with Crippen molar-refractivity contribution in [2.75, 3.05) is 7.11 Å². The average Bonchev–Trinajstić information content (AvgIpc) is 2.42. The Morgan fingerprint density at radius 1 is 1.15 bits per heavy atom. The van der Waals surface area contributed by atoms with Crippen LogP contribution in [-0.4, -0.2) is 7.11 Å². The number of hydrogen-bond acceptors (Lipinski definition) is 2. The maximum Gasteiger partial charge on any atom is 0.142 e. The molecule has 0 bridgehead atoms. The Morgan fingerprint density at radius 3 is 2.45 bits per heavy atom. The van der Waals surface area contributed by atoms with Gasteiger partial charge in [-0.2, -0.15) is 0 Å². The number of benzene rings is 2. The Kier molecular flexibility index (Phi) is 4.26. The van der Waals surface area contributed by atoms with Crippen LogP contribution in [0.4, 0.5) is 8.78 Å². The molecule has 0 heterocycles. The normalized spacial score (nSPS) is 12.3. The molecule has 0 fully saturated rings. The van der Waals surface area contributed by atoms with E-state index in [4.69, 9.17) is 22.1 Å². The predicted octanol–water partition coefficient (Wildman–Crippen LogP) is 3.98. The van der Waals surface area contributed by atoms with Crippen molar-refractivity contribution in [3.63, 3.8) is 0 Å². The van der Waals surface area contributed by atoms with E-state index in [2.05, 4.69) is 0 Å². The van der Waals surface area contributed by atoms with Crippen molar-refractivity contribution in [1.82, 2.24) is 0 Å². The maximum atomic E-state index is 13.9. The van der Waals surface area contributed by atoms with Gasteiger partial charge in [0.15, 0.2) is 0 Å². The van der Waals surface area contributed by atoms with Gasteiger partial charge >= 0.3 is 0 Å². The van der Waals surface area contributed by atoms with E-state index in [0.717, 1.165) is 17.7 Å². The van der Waals surface area contributed by atoms with Crippen molar-refractivity contribution in [3.05, 3.63) is 63.7 Å². The number of aryl methyl sites for hydroxylation is 1. The lowest BCUT2D eigenvalue weighted by Crippen LogP contribution is -2.14. The third-order valence-corrected chi connectivity index (χ3v) is 3.44. The quantitative estimate of drug-likeness (QED) is 0.870. The summed E-state index contributed by atoms with van der Waals surface area (Å²) in [6.07, 6.45) is 0. The number of methoxy groups -OCH3 is 1. The third kappa shape index (κ3) is 2.76. The van der Waals surface area contributed by atoms with Gasteiger partial charge in [0.05, 0.1) is 18.2 Å². The van der Waals surface area contributed by atoms with E-state index >= 15 is 0 Å². The van der Waals surface area contributed by atoms with Gasteiger partial charge in [0.1, 0.15) is 17.4 Å². The lowest BCUT2D eigenvalue weighted by molar-refractivity contribution is 0.411. The highest BCUT2D eigenvalue weighted by Gasteiger charge is 2.17. The van der Waals surface area contributed by atoms with Gasteiger partial charge in [-0.1, -0.05) is 23.7 Å². The topological polar surface area (TPSA) is 35.2 Å². The second-order valence-corrected chi connectivity index (χ2v) is 4.90. The number of ether oxygens (including phenoxy) is 1. The summed E-state index contributed by atoms with van der Waals surface area (Å²) in [4.78, 5) is 0. The van der Waals surface area contributed by atoms with Gasteiger partial charge in [-0.15, -0.1) is 0 Å². The summed E-state index contributed by atoms with van der Waals surface area (Å²) >= 11 is 5.53. The molecule has 2 aromatic rings. The Bertz CT molecular complexity index is 646. The van der Waals surface area contributed by atoms with Gasteiger partial charge in [0, 0.05) is 5.56 Å². The molecule has 0 aliphatic rings. The lowest BCUT2D eigenvalue weighted by atomic mass is 9.97. The van der Waals surface area contributed by atoms with Crippen molar-refractivity contribution in [3.8, 4) is 5.75 Å². The van der Waals surface area contributed by atoms with Crippen LogP contribution in [0.2, 0.25) is 5.02 Å². The first-order chi connectivity index (χ1) is 9.43. The van der Waals surface area contributed by atoms with Crippen molar-refractivity contribution < 1.29 is 13.5 Å². The summed E-state index contributed by atoms with van der Waals surface area (Å²) in [5.74, 6) is -0.607. The zero-order chi connectivity index (χ0) is 14.9. The van der Waals surface area contributed by atoms with Crippen molar-refractivity contribution in [1.29, 1.82) is 0 Å². The largest absolute Gasteiger partial charge is 0.496 e. The zero-order valence-corrected chi connectivity index (χ0v) is 11.8. The molecule has 0 spiro atoms. The molecule has 20 heavy (non-hydrogen) atoms. The van der Waals surface area contributed by atoms with E-state index in [0.29, 0.717) is 11.3 Å². The number of rotatable bonds is 3. The second kappa shape index (κ2) is 5.77. The zero-order valence-electron chi connectivity index (χ0n) is 11.1. The highest BCUT2D eigenvalue weighted by Crippen LogP contribution is 2.29. The molecular weight excluding hydrogens is 284 g/mol. The number of halogens is 3. The molecule has 1 atom stereocenters. The fraction of sp³-hybridized carbons (Fsp3) is 0.200. The van der Waals surface area contributed by atoms with Crippen LogP contribution >= 0.6 is 11.6 Å². The molecule has 1 unspecified atom stereocenters. The van der Waals surface area contributed by atoms with Gasteiger partial charge in [0.25, 0.3) is 0 Å². The Labute approximate surface area is 121 Å². The molecule has 0 aliphatic carbocycles. The third-order valence-electron chi connectivity index (χ3n) is 3.15. The molecule has 0 amide bonds. The van der Waals surface area contributed by atoms with Gasteiger partial charge in [-0.25, -0.2) is 8.78 Å². The first kappa shape index (κ1) is 14.8. The predicted molar refractivity (Wildman–Crippen MR) is 75.1 cm³/mol. The summed E-state index contributed by atoms with van der Waals surface area (Å²) in [5.41, 5.74) is 7.61. The molecular formula is C15H14ClF2NO. The van der Waals surface area contributed by atoms with Crippen LogP contribution in [0.5, 0.6) is 5.75 Å². The van der Waals surface area contributed by atoms with Crippen LogP contribution in [0.15, 0.2) is 30.3 Å². The number of nitrogens with two attached hydrogens (primary N) is 1. The van der Waals surface area contributed by atoms with Crippen LogP contribution in [0.25, 0.3) is 0 Å². The Hall–Kier alpha value is -1.65. The molecule has 5 heteroatoms. The summed E-state index contributed by atoms with van der Waals surface area (Å²) < 4.78 is 32.5. The molecule has 2 N–H and O–H groups in total. The van der Waals surface area contributed by atoms with Crippen molar-refractivity contribution in [2.45, 2.75) is 13.0 Å². The highest BCUT2D eigenvalue weighted by atomic mass is 35.5. The minimum atomic E-state index is -0.772. The molecule has 2 rings (SSSR count). The average molecular weight is 298 g/mol. The molecule has 2 aromatic carbocycles. The SMILES string of the molecule is COc1ccc(C(N)c2cc(F)c(Cl)cc2F)cc1C. The van der Waals surface area contributed by atoms with Crippen LogP contribution in [0.1, 0.15) is 22.7 Å². The highest BCUT2D eigenvalue weighted by molar-refractivity contribution is 6.30. The van der Waals surface area contributed by atoms with Gasteiger partial charge in [0.2, 0.25) is 0 Å². The van der Waals surface area contributed by atoms with Crippen molar-refractivity contribution in [2.24, 2.45) is 5.73 Å². The monoisotopic (exact) mass is 297 g/mol. The van der Waals surface area contributed by atoms with Crippen LogP contribution in [0, 0.1) is 18.6 Å². The first-order valence-electron chi connectivity index (χ1n) is 5.98. The first-order valence-corrected chi connectivity index (χ1v) is 6.36. The summed E-state index contributed by atoms with van der Waals surface area (Å²) in [5, 5.41) is -0.260. The standard InChI is InChI=1S/C15H14ClF2NO/c1-8-5-9(3-4-14(8)20-2)15(19)10-6-13(18)11(16)7-12(10)17/h3-7,15H,19H2,1-2H3. The van der Waals surface area contributed by atoms with Crippen LogP contribution in [0.3, 0.4) is 0 Å². The minimum absolute atomic E-state index is 0.0662. The van der Waals surface area contributed by atoms with E-state index in [9.17, 15) is 8.78 Å². The van der Waals surface area contributed by atoms with Crippen LogP contribution < -0.4 is 10.5 Å². The minimum Gasteiger partial charge on any atom is -0.496 e. The summed E-state index contributed by atoms with van der Waals surface area (Å²) in [6, 6.07) is 6.45. The van der Waals surface area contributed by atoms with E-state index in [1.807, 2.05) is 6.92 Å². The Morgan fingerprint density at radius 2 is 1.85 bits per heavy atom. The molecule has 2 nitrogen and oxygen atoms in total. The van der Waals surface area contributed by atoms with Gasteiger partial charge in [-0.3, -0.25) is 0 Å². The molecule has 0 saturated heterocycles. The van der Waals surface area contributed by atoms with E-state index in [-0.39, 0.29) is 10.6 Å². The Balaban J connectivity index is 2.43. The summed E-state index contributed by atoms with van der Waals surface area (Å²) in [7, 11) is 1.57. The fourth-order valence-electron chi connectivity index (χ4n) is 2.05. The molecule has 0 saturated carbocycles. The fourth-order valence-corrected chi connectivity index (χ4v) is 2.20. The molecule has 0 aliphatic heterocycles. The lowest BCUT2D eigenvalue weighted by Gasteiger charge is -2.16. The van der Waals surface area contributed by atoms with Crippen molar-refractivity contribution >= 4 is 11.6 Å². The number of hydrogen-bond donors (Lipinski definition) is 1. The second-order valence-electron chi connectivity index (χ2n) is 4.49. The molecule has 0 aromatic heterocycles. The van der Waals surface area contributed by atoms with Gasteiger partial charge < -0.3 is 10.5 Å². The maximum absolute atomic E-state index is 13.9. The van der Waals surface area contributed by atoms with Crippen LogP contribution in [-0.2, 0) is 0 Å². The van der Waals surface area contributed by atoms with E-state index in [1.165, 1.54) is 0 Å².